The number of rotatable bonds is 5. The third-order valence-electron chi connectivity index (χ3n) is 4.07. The van der Waals surface area contributed by atoms with Crippen LogP contribution in [0.5, 0.6) is 5.75 Å². The van der Waals surface area contributed by atoms with Crippen molar-refractivity contribution in [2.45, 2.75) is 31.7 Å². The molecule has 1 saturated carbocycles. The van der Waals surface area contributed by atoms with Gasteiger partial charge in [0.2, 0.25) is 0 Å². The molecule has 24 heavy (non-hydrogen) atoms. The molecule has 7 heteroatoms. The van der Waals surface area contributed by atoms with E-state index in [2.05, 4.69) is 0 Å². The van der Waals surface area contributed by atoms with Gasteiger partial charge in [0.05, 0.1) is 4.91 Å². The van der Waals surface area contributed by atoms with E-state index < -0.39 is 12.6 Å². The quantitative estimate of drug-likeness (QED) is 0.640. The highest BCUT2D eigenvalue weighted by Crippen LogP contribution is 2.38. The van der Waals surface area contributed by atoms with Crippen LogP contribution in [-0.4, -0.2) is 38.9 Å². The smallest absolute Gasteiger partial charge is 0.341 e. The van der Waals surface area contributed by atoms with Crippen LogP contribution < -0.4 is 4.74 Å². The van der Waals surface area contributed by atoms with Crippen LogP contribution in [-0.2, 0) is 9.59 Å². The van der Waals surface area contributed by atoms with Gasteiger partial charge in [-0.3, -0.25) is 9.69 Å². The molecule has 0 radical (unpaired) electrons. The second-order valence-corrected chi connectivity index (χ2v) is 7.39. The fraction of sp³-hybridized carbons (Fsp3) is 0.353. The predicted octanol–water partition coefficient (Wildman–Crippen LogP) is 3.29. The number of hydrogen-bond acceptors (Lipinski definition) is 5. The Labute approximate surface area is 149 Å². The summed E-state index contributed by atoms with van der Waals surface area (Å²) in [4.78, 5) is 25.7. The minimum atomic E-state index is -1.04. The molecule has 0 atom stereocenters. The average molecular weight is 363 g/mol. The van der Waals surface area contributed by atoms with E-state index in [-0.39, 0.29) is 11.9 Å². The van der Waals surface area contributed by atoms with Crippen molar-refractivity contribution < 1.29 is 19.4 Å². The van der Waals surface area contributed by atoms with Crippen LogP contribution in [0.3, 0.4) is 0 Å². The number of thioether (sulfide) groups is 1. The van der Waals surface area contributed by atoms with Crippen molar-refractivity contribution in [2.24, 2.45) is 0 Å². The Kier molecular flexibility index (Phi) is 5.20. The maximum atomic E-state index is 12.7. The van der Waals surface area contributed by atoms with Crippen LogP contribution in [0.4, 0.5) is 0 Å². The first-order valence-electron chi connectivity index (χ1n) is 7.77. The van der Waals surface area contributed by atoms with Gasteiger partial charge in [0.25, 0.3) is 5.91 Å². The molecular formula is C17H17NO4S2. The number of carboxylic acids is 1. The van der Waals surface area contributed by atoms with Gasteiger partial charge in [-0.2, -0.15) is 0 Å². The van der Waals surface area contributed by atoms with E-state index in [9.17, 15) is 9.59 Å². The van der Waals surface area contributed by atoms with Gasteiger partial charge in [0, 0.05) is 11.6 Å². The summed E-state index contributed by atoms with van der Waals surface area (Å²) in [6, 6.07) is 7.27. The number of aliphatic carboxylic acids is 1. The van der Waals surface area contributed by atoms with Crippen molar-refractivity contribution in [3.63, 3.8) is 0 Å². The Bertz CT molecular complexity index is 710. The van der Waals surface area contributed by atoms with Gasteiger partial charge in [-0.25, -0.2) is 4.79 Å². The van der Waals surface area contributed by atoms with E-state index in [1.165, 1.54) is 11.8 Å². The third kappa shape index (κ3) is 3.62. The number of amides is 1. The van der Waals surface area contributed by atoms with Crippen LogP contribution >= 0.6 is 24.0 Å². The monoisotopic (exact) mass is 363 g/mol. The summed E-state index contributed by atoms with van der Waals surface area (Å²) in [6.07, 6.45) is 5.99. The molecule has 1 saturated heterocycles. The number of nitrogens with zero attached hydrogens (tertiary/aromatic N) is 1. The van der Waals surface area contributed by atoms with E-state index in [4.69, 9.17) is 22.1 Å². The highest BCUT2D eigenvalue weighted by Gasteiger charge is 2.38. The van der Waals surface area contributed by atoms with Gasteiger partial charge < -0.3 is 9.84 Å². The summed E-state index contributed by atoms with van der Waals surface area (Å²) in [5.74, 6) is -0.673. The summed E-state index contributed by atoms with van der Waals surface area (Å²) in [7, 11) is 0. The summed E-state index contributed by atoms with van der Waals surface area (Å²) in [5.41, 5.74) is 0.672. The fourth-order valence-corrected chi connectivity index (χ4v) is 4.36. The van der Waals surface area contributed by atoms with Gasteiger partial charge in [-0.1, -0.05) is 55.0 Å². The SMILES string of the molecule is O=C(O)COc1ccccc1/C=C1/SC(=S)N(C2CCCC2)C1=O. The highest BCUT2D eigenvalue weighted by atomic mass is 32.2. The second kappa shape index (κ2) is 7.36. The first-order valence-corrected chi connectivity index (χ1v) is 8.99. The summed E-state index contributed by atoms with van der Waals surface area (Å²) < 4.78 is 5.89. The van der Waals surface area contributed by atoms with Crippen molar-refractivity contribution in [2.75, 3.05) is 6.61 Å². The Morgan fingerprint density at radius 3 is 2.79 bits per heavy atom. The van der Waals surface area contributed by atoms with Crippen molar-refractivity contribution in [3.05, 3.63) is 34.7 Å². The maximum absolute atomic E-state index is 12.7. The van der Waals surface area contributed by atoms with Crippen LogP contribution in [0.15, 0.2) is 29.2 Å². The number of carbonyl (C=O) groups is 2. The zero-order chi connectivity index (χ0) is 17.1. The second-order valence-electron chi connectivity index (χ2n) is 5.71. The van der Waals surface area contributed by atoms with Gasteiger partial charge in [0.15, 0.2) is 6.61 Å². The first-order chi connectivity index (χ1) is 11.6. The molecule has 2 fully saturated rings. The molecule has 1 aromatic carbocycles. The molecule has 1 aromatic rings. The number of ether oxygens (including phenoxy) is 1. The molecule has 3 rings (SSSR count). The summed E-state index contributed by atoms with van der Waals surface area (Å²) in [6.45, 7) is -0.423. The first kappa shape index (κ1) is 17.0. The third-order valence-corrected chi connectivity index (χ3v) is 5.40. The molecular weight excluding hydrogens is 346 g/mol. The molecule has 1 heterocycles. The zero-order valence-corrected chi connectivity index (χ0v) is 14.6. The van der Waals surface area contributed by atoms with E-state index in [1.807, 2.05) is 6.07 Å². The number of carbonyl (C=O) groups excluding carboxylic acids is 1. The Morgan fingerprint density at radius 2 is 2.08 bits per heavy atom. The lowest BCUT2D eigenvalue weighted by Gasteiger charge is -2.21. The van der Waals surface area contributed by atoms with Crippen LogP contribution in [0.2, 0.25) is 0 Å². The lowest BCUT2D eigenvalue weighted by Crippen LogP contribution is -2.36. The average Bonchev–Trinajstić information content (AvgIpc) is 3.15. The minimum Gasteiger partial charge on any atom is -0.481 e. The lowest BCUT2D eigenvalue weighted by atomic mass is 10.1. The van der Waals surface area contributed by atoms with Gasteiger partial charge >= 0.3 is 5.97 Å². The van der Waals surface area contributed by atoms with E-state index in [0.717, 1.165) is 25.7 Å². The van der Waals surface area contributed by atoms with Crippen molar-refractivity contribution in [1.82, 2.24) is 4.90 Å². The van der Waals surface area contributed by atoms with E-state index in [1.54, 1.807) is 29.2 Å². The lowest BCUT2D eigenvalue weighted by molar-refractivity contribution is -0.139. The topological polar surface area (TPSA) is 66.8 Å². The van der Waals surface area contributed by atoms with Gasteiger partial charge in [-0.05, 0) is 25.0 Å². The molecule has 0 unspecified atom stereocenters. The molecule has 0 aromatic heterocycles. The fourth-order valence-electron chi connectivity index (χ4n) is 2.97. The normalized spacial score (nSPS) is 20.2. The van der Waals surface area contributed by atoms with Crippen LogP contribution in [0.25, 0.3) is 6.08 Å². The molecule has 5 nitrogen and oxygen atoms in total. The van der Waals surface area contributed by atoms with Crippen LogP contribution in [0.1, 0.15) is 31.2 Å². The Morgan fingerprint density at radius 1 is 1.38 bits per heavy atom. The van der Waals surface area contributed by atoms with Crippen molar-refractivity contribution in [3.8, 4) is 5.75 Å². The van der Waals surface area contributed by atoms with E-state index >= 15 is 0 Å². The number of thiocarbonyl (C=S) groups is 1. The highest BCUT2D eigenvalue weighted by molar-refractivity contribution is 8.26. The number of benzene rings is 1. The zero-order valence-electron chi connectivity index (χ0n) is 12.9. The molecule has 1 amide bonds. The largest absolute Gasteiger partial charge is 0.481 e. The molecule has 2 aliphatic rings. The number of para-hydroxylation sites is 1. The Hall–Kier alpha value is -1.86. The summed E-state index contributed by atoms with van der Waals surface area (Å²) in [5, 5.41) is 8.76. The van der Waals surface area contributed by atoms with Crippen LogP contribution in [0, 0.1) is 0 Å². The molecule has 1 N–H and O–H groups in total. The molecule has 1 aliphatic heterocycles. The van der Waals surface area contributed by atoms with Gasteiger partial charge in [-0.15, -0.1) is 0 Å². The standard InChI is InChI=1S/C17H17NO4S2/c19-15(20)10-22-13-8-4-1-5-11(13)9-14-16(21)18(17(23)24-14)12-6-2-3-7-12/h1,4-5,8-9,12H,2-3,6-7,10H2,(H,19,20)/b14-9+. The van der Waals surface area contributed by atoms with E-state index in [0.29, 0.717) is 20.5 Å². The molecule has 0 spiro atoms. The maximum Gasteiger partial charge on any atom is 0.341 e. The number of carboxylic acid groups (broad SMARTS) is 1. The Balaban J connectivity index is 1.83. The molecule has 126 valence electrons. The number of hydrogen-bond donors (Lipinski definition) is 1. The van der Waals surface area contributed by atoms with Crippen molar-refractivity contribution in [1.29, 1.82) is 0 Å². The van der Waals surface area contributed by atoms with Gasteiger partial charge in [0.1, 0.15) is 10.1 Å². The minimum absolute atomic E-state index is 0.0649. The molecule has 0 bridgehead atoms. The predicted molar refractivity (Wildman–Crippen MR) is 96.8 cm³/mol. The van der Waals surface area contributed by atoms with Crippen molar-refractivity contribution >= 4 is 46.3 Å². The molecule has 1 aliphatic carbocycles. The summed E-state index contributed by atoms with van der Waals surface area (Å²) >= 11 is 6.68.